The molecule has 3 nitrogen and oxygen atoms in total. The first-order chi connectivity index (χ1) is 9.04. The van der Waals surface area contributed by atoms with Crippen LogP contribution in [0.1, 0.15) is 52.4 Å². The molecule has 112 valence electrons. The van der Waals surface area contributed by atoms with E-state index in [1.165, 1.54) is 12.8 Å². The van der Waals surface area contributed by atoms with Crippen molar-refractivity contribution >= 4 is 17.7 Å². The van der Waals surface area contributed by atoms with E-state index < -0.39 is 0 Å². The average molecular weight is 287 g/mol. The molecule has 1 rings (SSSR count). The van der Waals surface area contributed by atoms with Crippen molar-refractivity contribution in [3.8, 4) is 0 Å². The molecule has 2 N–H and O–H groups in total. The molecule has 1 aliphatic carbocycles. The molecule has 1 fully saturated rings. The van der Waals surface area contributed by atoms with Gasteiger partial charge in [0, 0.05) is 23.8 Å². The summed E-state index contributed by atoms with van der Waals surface area (Å²) in [7, 11) is 0. The molecular weight excluding hydrogens is 258 g/mol. The van der Waals surface area contributed by atoms with Crippen LogP contribution in [0.3, 0.4) is 0 Å². The van der Waals surface area contributed by atoms with Gasteiger partial charge in [-0.1, -0.05) is 26.7 Å². The van der Waals surface area contributed by atoms with E-state index in [4.69, 9.17) is 5.11 Å². The van der Waals surface area contributed by atoms with Gasteiger partial charge in [0.25, 0.3) is 0 Å². The van der Waals surface area contributed by atoms with Crippen molar-refractivity contribution < 1.29 is 9.90 Å². The molecule has 0 radical (unpaired) electrons. The van der Waals surface area contributed by atoms with Gasteiger partial charge in [-0.2, -0.15) is 11.8 Å². The molecule has 0 aromatic rings. The third-order valence-electron chi connectivity index (χ3n) is 4.02. The van der Waals surface area contributed by atoms with Crippen LogP contribution in [0.4, 0.5) is 0 Å². The SMILES string of the molecule is CSCC(CCO)NC(=O)C1(CC(C)C)CCCC1. The lowest BCUT2D eigenvalue weighted by Crippen LogP contribution is -2.46. The minimum absolute atomic E-state index is 0.108. The molecular formula is C15H29NO2S. The monoisotopic (exact) mass is 287 g/mol. The largest absolute Gasteiger partial charge is 0.396 e. The van der Waals surface area contributed by atoms with Gasteiger partial charge in [0.05, 0.1) is 0 Å². The summed E-state index contributed by atoms with van der Waals surface area (Å²) in [6.07, 6.45) is 8.09. The summed E-state index contributed by atoms with van der Waals surface area (Å²) in [6, 6.07) is 0.108. The van der Waals surface area contributed by atoms with Crippen molar-refractivity contribution in [1.29, 1.82) is 0 Å². The van der Waals surface area contributed by atoms with Crippen LogP contribution in [0.5, 0.6) is 0 Å². The number of aliphatic hydroxyl groups is 1. The minimum Gasteiger partial charge on any atom is -0.396 e. The zero-order chi connectivity index (χ0) is 14.3. The van der Waals surface area contributed by atoms with Crippen LogP contribution >= 0.6 is 11.8 Å². The predicted molar refractivity (Wildman–Crippen MR) is 82.4 cm³/mol. The van der Waals surface area contributed by atoms with E-state index >= 15 is 0 Å². The predicted octanol–water partition coefficient (Wildman–Crippen LogP) is 2.82. The Labute approximate surface area is 121 Å². The Bertz CT molecular complexity index is 269. The van der Waals surface area contributed by atoms with Crippen molar-refractivity contribution in [1.82, 2.24) is 5.32 Å². The van der Waals surface area contributed by atoms with Gasteiger partial charge in [0.1, 0.15) is 0 Å². The van der Waals surface area contributed by atoms with Crippen LogP contribution in [0.25, 0.3) is 0 Å². The molecule has 0 aromatic heterocycles. The number of thioether (sulfide) groups is 1. The smallest absolute Gasteiger partial charge is 0.226 e. The molecule has 0 bridgehead atoms. The van der Waals surface area contributed by atoms with Crippen LogP contribution in [0.15, 0.2) is 0 Å². The Morgan fingerprint density at radius 2 is 2.00 bits per heavy atom. The van der Waals surface area contributed by atoms with E-state index in [1.54, 1.807) is 11.8 Å². The normalized spacial score (nSPS) is 19.6. The van der Waals surface area contributed by atoms with Gasteiger partial charge in [0.15, 0.2) is 0 Å². The van der Waals surface area contributed by atoms with Crippen molar-refractivity contribution in [2.75, 3.05) is 18.6 Å². The number of hydrogen-bond donors (Lipinski definition) is 2. The standard InChI is InChI=1S/C15H29NO2S/c1-12(2)10-15(7-4-5-8-15)14(18)16-13(6-9-17)11-19-3/h12-13,17H,4-11H2,1-3H3,(H,16,18). The number of amides is 1. The fourth-order valence-corrected chi connectivity index (χ4v) is 3.90. The lowest BCUT2D eigenvalue weighted by atomic mass is 9.77. The Balaban J connectivity index is 2.65. The third-order valence-corrected chi connectivity index (χ3v) is 4.76. The van der Waals surface area contributed by atoms with Gasteiger partial charge < -0.3 is 10.4 Å². The van der Waals surface area contributed by atoms with E-state index in [1.807, 2.05) is 6.26 Å². The molecule has 19 heavy (non-hydrogen) atoms. The molecule has 4 heteroatoms. The summed E-state index contributed by atoms with van der Waals surface area (Å²) in [4.78, 5) is 12.7. The number of aliphatic hydroxyl groups excluding tert-OH is 1. The summed E-state index contributed by atoms with van der Waals surface area (Å²) < 4.78 is 0. The molecule has 1 unspecified atom stereocenters. The number of carbonyl (C=O) groups is 1. The summed E-state index contributed by atoms with van der Waals surface area (Å²) in [5.41, 5.74) is -0.139. The quantitative estimate of drug-likeness (QED) is 0.722. The van der Waals surface area contributed by atoms with Gasteiger partial charge in [-0.3, -0.25) is 4.79 Å². The lowest BCUT2D eigenvalue weighted by Gasteiger charge is -2.31. The Morgan fingerprint density at radius 3 is 2.47 bits per heavy atom. The van der Waals surface area contributed by atoms with Crippen LogP contribution in [0, 0.1) is 11.3 Å². The van der Waals surface area contributed by atoms with Crippen molar-refractivity contribution in [2.45, 2.75) is 58.4 Å². The Hall–Kier alpha value is -0.220. The number of hydrogen-bond acceptors (Lipinski definition) is 3. The van der Waals surface area contributed by atoms with E-state index in [2.05, 4.69) is 19.2 Å². The van der Waals surface area contributed by atoms with Crippen LogP contribution < -0.4 is 5.32 Å². The second-order valence-corrected chi connectivity index (χ2v) is 7.13. The molecule has 0 aromatic carbocycles. The molecule has 0 saturated heterocycles. The zero-order valence-electron chi connectivity index (χ0n) is 12.6. The highest BCUT2D eigenvalue weighted by atomic mass is 32.2. The first kappa shape index (κ1) is 16.8. The van der Waals surface area contributed by atoms with Gasteiger partial charge in [-0.05, 0) is 37.9 Å². The summed E-state index contributed by atoms with van der Waals surface area (Å²) in [6.45, 7) is 4.53. The van der Waals surface area contributed by atoms with Crippen LogP contribution in [0.2, 0.25) is 0 Å². The van der Waals surface area contributed by atoms with E-state index in [9.17, 15) is 4.79 Å². The molecule has 0 heterocycles. The second-order valence-electron chi connectivity index (χ2n) is 6.22. The molecule has 1 amide bonds. The van der Waals surface area contributed by atoms with E-state index in [0.717, 1.165) is 25.0 Å². The molecule has 1 atom stereocenters. The van der Waals surface area contributed by atoms with Crippen molar-refractivity contribution in [2.24, 2.45) is 11.3 Å². The van der Waals surface area contributed by atoms with Gasteiger partial charge in [-0.15, -0.1) is 0 Å². The number of carbonyl (C=O) groups excluding carboxylic acids is 1. The molecule has 0 aliphatic heterocycles. The van der Waals surface area contributed by atoms with Crippen molar-refractivity contribution in [3.05, 3.63) is 0 Å². The van der Waals surface area contributed by atoms with E-state index in [-0.39, 0.29) is 24.0 Å². The highest BCUT2D eigenvalue weighted by Crippen LogP contribution is 2.43. The van der Waals surface area contributed by atoms with Gasteiger partial charge in [0.2, 0.25) is 5.91 Å². The summed E-state index contributed by atoms with van der Waals surface area (Å²) >= 11 is 1.72. The highest BCUT2D eigenvalue weighted by molar-refractivity contribution is 7.98. The maximum absolute atomic E-state index is 12.7. The summed E-state index contributed by atoms with van der Waals surface area (Å²) in [5, 5.41) is 12.3. The second kappa shape index (κ2) is 8.15. The van der Waals surface area contributed by atoms with E-state index in [0.29, 0.717) is 12.3 Å². The first-order valence-electron chi connectivity index (χ1n) is 7.45. The Morgan fingerprint density at radius 1 is 1.37 bits per heavy atom. The minimum atomic E-state index is -0.139. The fraction of sp³-hybridized carbons (Fsp3) is 0.933. The Kier molecular flexibility index (Phi) is 7.22. The van der Waals surface area contributed by atoms with Crippen molar-refractivity contribution in [3.63, 3.8) is 0 Å². The average Bonchev–Trinajstić information content (AvgIpc) is 2.78. The third kappa shape index (κ3) is 4.99. The highest BCUT2D eigenvalue weighted by Gasteiger charge is 2.41. The zero-order valence-corrected chi connectivity index (χ0v) is 13.4. The summed E-state index contributed by atoms with van der Waals surface area (Å²) in [5.74, 6) is 1.66. The topological polar surface area (TPSA) is 49.3 Å². The van der Waals surface area contributed by atoms with Gasteiger partial charge in [-0.25, -0.2) is 0 Å². The first-order valence-corrected chi connectivity index (χ1v) is 8.84. The maximum atomic E-state index is 12.7. The fourth-order valence-electron chi connectivity index (χ4n) is 3.25. The lowest BCUT2D eigenvalue weighted by molar-refractivity contribution is -0.132. The molecule has 0 spiro atoms. The van der Waals surface area contributed by atoms with Gasteiger partial charge >= 0.3 is 0 Å². The van der Waals surface area contributed by atoms with Crippen LogP contribution in [-0.4, -0.2) is 35.7 Å². The number of nitrogens with one attached hydrogen (secondary N) is 1. The molecule has 1 saturated carbocycles. The van der Waals surface area contributed by atoms with Crippen LogP contribution in [-0.2, 0) is 4.79 Å². The maximum Gasteiger partial charge on any atom is 0.226 e. The number of rotatable bonds is 8. The molecule has 1 aliphatic rings.